The summed E-state index contributed by atoms with van der Waals surface area (Å²) in [7, 11) is 0. The highest BCUT2D eigenvalue weighted by molar-refractivity contribution is 8.00. The van der Waals surface area contributed by atoms with Gasteiger partial charge in [0.25, 0.3) is 0 Å². The smallest absolute Gasteiger partial charge is 0.0191 e. The van der Waals surface area contributed by atoms with E-state index in [0.29, 0.717) is 0 Å². The Balaban J connectivity index is 1.62. The summed E-state index contributed by atoms with van der Waals surface area (Å²) in [6.07, 6.45) is 9.17. The Hall–Kier alpha value is 0.0500. The molecule has 1 fully saturated rings. The van der Waals surface area contributed by atoms with Gasteiger partial charge in [-0.2, -0.15) is 11.8 Å². The molecule has 80 valence electrons. The Kier molecular flexibility index (Phi) is 3.94. The predicted molar refractivity (Wildman–Crippen MR) is 64.9 cm³/mol. The lowest BCUT2D eigenvalue weighted by molar-refractivity contribution is 0.514. The maximum Gasteiger partial charge on any atom is 0.0191 e. The van der Waals surface area contributed by atoms with Crippen LogP contribution < -0.4 is 5.32 Å². The minimum absolute atomic E-state index is 0.780. The fourth-order valence-electron chi connectivity index (χ4n) is 2.38. The van der Waals surface area contributed by atoms with Crippen LogP contribution in [0.15, 0.2) is 11.6 Å². The van der Waals surface area contributed by atoms with E-state index < -0.39 is 0 Å². The molecule has 1 nitrogen and oxygen atoms in total. The summed E-state index contributed by atoms with van der Waals surface area (Å²) < 4.78 is 0. The van der Waals surface area contributed by atoms with E-state index in [1.54, 1.807) is 5.57 Å². The molecule has 2 atom stereocenters. The van der Waals surface area contributed by atoms with Gasteiger partial charge in [-0.3, -0.25) is 0 Å². The molecule has 1 aliphatic carbocycles. The van der Waals surface area contributed by atoms with E-state index in [9.17, 15) is 0 Å². The molecule has 0 bridgehead atoms. The van der Waals surface area contributed by atoms with Crippen molar-refractivity contribution < 1.29 is 0 Å². The molecule has 1 N–H and O–H groups in total. The molecule has 0 aromatic carbocycles. The number of allylic oxidation sites excluding steroid dienone is 1. The highest BCUT2D eigenvalue weighted by atomic mass is 32.2. The van der Waals surface area contributed by atoms with Crippen LogP contribution in [-0.4, -0.2) is 23.6 Å². The van der Waals surface area contributed by atoms with Crippen LogP contribution in [0.1, 0.15) is 39.0 Å². The molecule has 1 heterocycles. The van der Waals surface area contributed by atoms with Gasteiger partial charge in [-0.25, -0.2) is 0 Å². The van der Waals surface area contributed by atoms with Crippen LogP contribution in [-0.2, 0) is 0 Å². The van der Waals surface area contributed by atoms with Gasteiger partial charge in [0.15, 0.2) is 0 Å². The molecule has 2 unspecified atom stereocenters. The number of hydrogen-bond acceptors (Lipinski definition) is 2. The van der Waals surface area contributed by atoms with E-state index in [2.05, 4.69) is 30.1 Å². The summed E-state index contributed by atoms with van der Waals surface area (Å²) in [6.45, 7) is 3.55. The standard InChI is InChI=1S/C12H21NS/c1-10-12(7-9-14-10)13-8-6-11-4-2-3-5-11/h4,10,12-13H,2-3,5-9H2,1H3. The lowest BCUT2D eigenvalue weighted by atomic mass is 10.1. The molecule has 0 amide bonds. The summed E-state index contributed by atoms with van der Waals surface area (Å²) >= 11 is 2.11. The minimum Gasteiger partial charge on any atom is -0.313 e. The van der Waals surface area contributed by atoms with Gasteiger partial charge in [0.05, 0.1) is 0 Å². The zero-order chi connectivity index (χ0) is 9.80. The summed E-state index contributed by atoms with van der Waals surface area (Å²) in [5, 5.41) is 4.52. The van der Waals surface area contributed by atoms with Gasteiger partial charge in [0, 0.05) is 11.3 Å². The van der Waals surface area contributed by atoms with Crippen LogP contribution in [0.2, 0.25) is 0 Å². The monoisotopic (exact) mass is 211 g/mol. The molecule has 2 aliphatic rings. The first-order chi connectivity index (χ1) is 6.86. The summed E-state index contributed by atoms with van der Waals surface area (Å²) in [6, 6.07) is 0.780. The first-order valence-electron chi connectivity index (χ1n) is 5.89. The van der Waals surface area contributed by atoms with Crippen molar-refractivity contribution in [2.24, 2.45) is 0 Å². The van der Waals surface area contributed by atoms with Gasteiger partial charge in [0.1, 0.15) is 0 Å². The average Bonchev–Trinajstić information content (AvgIpc) is 2.78. The molecule has 2 heteroatoms. The molecule has 1 saturated heterocycles. The quantitative estimate of drug-likeness (QED) is 0.718. The zero-order valence-corrected chi connectivity index (χ0v) is 9.91. The lowest BCUT2D eigenvalue weighted by Gasteiger charge is -2.16. The first kappa shape index (κ1) is 10.6. The van der Waals surface area contributed by atoms with Crippen molar-refractivity contribution in [2.75, 3.05) is 12.3 Å². The number of hydrogen-bond donors (Lipinski definition) is 1. The van der Waals surface area contributed by atoms with Crippen LogP contribution in [0.5, 0.6) is 0 Å². The fraction of sp³-hybridized carbons (Fsp3) is 0.833. The topological polar surface area (TPSA) is 12.0 Å². The van der Waals surface area contributed by atoms with Gasteiger partial charge in [-0.1, -0.05) is 18.6 Å². The Bertz CT molecular complexity index is 212. The van der Waals surface area contributed by atoms with E-state index >= 15 is 0 Å². The maximum absolute atomic E-state index is 3.70. The normalized spacial score (nSPS) is 32.2. The lowest BCUT2D eigenvalue weighted by Crippen LogP contribution is -2.34. The van der Waals surface area contributed by atoms with E-state index in [0.717, 1.165) is 11.3 Å². The summed E-state index contributed by atoms with van der Waals surface area (Å²) in [4.78, 5) is 0. The minimum atomic E-state index is 0.780. The van der Waals surface area contributed by atoms with E-state index in [4.69, 9.17) is 0 Å². The van der Waals surface area contributed by atoms with Gasteiger partial charge in [0.2, 0.25) is 0 Å². The van der Waals surface area contributed by atoms with E-state index in [1.165, 1.54) is 44.4 Å². The number of nitrogens with one attached hydrogen (secondary N) is 1. The molecule has 0 spiro atoms. The van der Waals surface area contributed by atoms with Crippen LogP contribution >= 0.6 is 11.8 Å². The Morgan fingerprint density at radius 3 is 3.14 bits per heavy atom. The third kappa shape index (κ3) is 2.77. The maximum atomic E-state index is 3.70. The van der Waals surface area contributed by atoms with Gasteiger partial charge in [-0.15, -0.1) is 0 Å². The highest BCUT2D eigenvalue weighted by Crippen LogP contribution is 2.26. The molecule has 1 aliphatic heterocycles. The largest absolute Gasteiger partial charge is 0.313 e. The van der Waals surface area contributed by atoms with Gasteiger partial charge < -0.3 is 5.32 Å². The van der Waals surface area contributed by atoms with Crippen LogP contribution in [0.25, 0.3) is 0 Å². The third-order valence-corrected chi connectivity index (χ3v) is 4.69. The van der Waals surface area contributed by atoms with Crippen LogP contribution in [0.3, 0.4) is 0 Å². The van der Waals surface area contributed by atoms with Crippen molar-refractivity contribution >= 4 is 11.8 Å². The summed E-state index contributed by atoms with van der Waals surface area (Å²) in [5.74, 6) is 1.35. The molecule has 14 heavy (non-hydrogen) atoms. The van der Waals surface area contributed by atoms with Gasteiger partial charge >= 0.3 is 0 Å². The van der Waals surface area contributed by atoms with Crippen molar-refractivity contribution in [3.8, 4) is 0 Å². The van der Waals surface area contributed by atoms with Crippen LogP contribution in [0.4, 0.5) is 0 Å². The summed E-state index contributed by atoms with van der Waals surface area (Å²) in [5.41, 5.74) is 1.69. The van der Waals surface area contributed by atoms with Crippen molar-refractivity contribution in [1.29, 1.82) is 0 Å². The van der Waals surface area contributed by atoms with Crippen molar-refractivity contribution in [3.05, 3.63) is 11.6 Å². The average molecular weight is 211 g/mol. The third-order valence-electron chi connectivity index (χ3n) is 3.36. The number of rotatable bonds is 4. The van der Waals surface area contributed by atoms with Crippen molar-refractivity contribution in [3.63, 3.8) is 0 Å². The van der Waals surface area contributed by atoms with E-state index in [1.807, 2.05) is 0 Å². The predicted octanol–water partition coefficient (Wildman–Crippen LogP) is 2.97. The fourth-order valence-corrected chi connectivity index (χ4v) is 3.61. The molecule has 0 aromatic heterocycles. The molecule has 0 saturated carbocycles. The molecule has 0 radical (unpaired) electrons. The Labute approximate surface area is 91.7 Å². The van der Waals surface area contributed by atoms with E-state index in [-0.39, 0.29) is 0 Å². The Morgan fingerprint density at radius 2 is 2.50 bits per heavy atom. The molecule has 0 aromatic rings. The Morgan fingerprint density at radius 1 is 1.57 bits per heavy atom. The second kappa shape index (κ2) is 5.22. The molecule has 2 rings (SSSR count). The number of thioether (sulfide) groups is 1. The second-order valence-electron chi connectivity index (χ2n) is 4.43. The SMILES string of the molecule is CC1SCCC1NCCC1=CCCC1. The highest BCUT2D eigenvalue weighted by Gasteiger charge is 2.22. The van der Waals surface area contributed by atoms with Crippen molar-refractivity contribution in [2.45, 2.75) is 50.3 Å². The molecular weight excluding hydrogens is 190 g/mol. The van der Waals surface area contributed by atoms with Crippen LogP contribution in [0, 0.1) is 0 Å². The second-order valence-corrected chi connectivity index (χ2v) is 5.91. The molecular formula is C12H21NS. The first-order valence-corrected chi connectivity index (χ1v) is 6.94. The zero-order valence-electron chi connectivity index (χ0n) is 9.09. The van der Waals surface area contributed by atoms with Crippen molar-refractivity contribution in [1.82, 2.24) is 5.32 Å². The van der Waals surface area contributed by atoms with Gasteiger partial charge in [-0.05, 0) is 44.4 Å².